The molecule has 2 rings (SSSR count). The average Bonchev–Trinajstić information content (AvgIpc) is 2.16. The predicted octanol–water partition coefficient (Wildman–Crippen LogP) is 1.28. The van der Waals surface area contributed by atoms with Crippen LogP contribution in [-0.2, 0) is 0 Å². The van der Waals surface area contributed by atoms with Gasteiger partial charge in [0.1, 0.15) is 0 Å². The number of nitrogen functional groups attached to an aromatic ring is 1. The Kier molecular flexibility index (Phi) is 1.96. The molecule has 0 fully saturated rings. The van der Waals surface area contributed by atoms with E-state index in [1.807, 2.05) is 37.2 Å². The van der Waals surface area contributed by atoms with Gasteiger partial charge >= 0.3 is 0 Å². The van der Waals surface area contributed by atoms with Crippen molar-refractivity contribution in [2.75, 3.05) is 24.7 Å². The molecule has 1 aromatic heterocycles. The van der Waals surface area contributed by atoms with Crippen LogP contribution in [0.25, 0.3) is 10.9 Å². The molecule has 0 unspecified atom stereocenters. The summed E-state index contributed by atoms with van der Waals surface area (Å²) in [6.45, 7) is 0. The first-order chi connectivity index (χ1) is 6.66. The summed E-state index contributed by atoms with van der Waals surface area (Å²) in [6, 6.07) is 5.61. The van der Waals surface area contributed by atoms with Crippen molar-refractivity contribution in [3.63, 3.8) is 0 Å². The summed E-state index contributed by atoms with van der Waals surface area (Å²) in [5, 5.41) is 0.968. The molecule has 2 aromatic rings. The lowest BCUT2D eigenvalue weighted by Gasteiger charge is -2.09. The zero-order chi connectivity index (χ0) is 10.1. The van der Waals surface area contributed by atoms with Gasteiger partial charge in [0.05, 0.1) is 5.52 Å². The molecule has 0 amide bonds. The van der Waals surface area contributed by atoms with Gasteiger partial charge in [0.2, 0.25) is 5.95 Å². The maximum atomic E-state index is 5.66. The molecule has 2 N–H and O–H groups in total. The Hall–Kier alpha value is -1.84. The van der Waals surface area contributed by atoms with Gasteiger partial charge < -0.3 is 10.6 Å². The molecule has 4 nitrogen and oxygen atoms in total. The van der Waals surface area contributed by atoms with E-state index in [4.69, 9.17) is 5.73 Å². The lowest BCUT2D eigenvalue weighted by atomic mass is 10.2. The van der Waals surface area contributed by atoms with Crippen molar-refractivity contribution in [2.24, 2.45) is 0 Å². The average molecular weight is 188 g/mol. The molecular weight excluding hydrogens is 176 g/mol. The number of rotatable bonds is 1. The fourth-order valence-corrected chi connectivity index (χ4v) is 1.26. The zero-order valence-corrected chi connectivity index (χ0v) is 8.23. The molecule has 0 spiro atoms. The summed E-state index contributed by atoms with van der Waals surface area (Å²) in [5.74, 6) is 0.710. The summed E-state index contributed by atoms with van der Waals surface area (Å²) in [5.41, 5.74) is 7.31. The minimum atomic E-state index is 0.710. The van der Waals surface area contributed by atoms with Crippen LogP contribution < -0.4 is 10.6 Å². The van der Waals surface area contributed by atoms with Gasteiger partial charge in [-0.15, -0.1) is 0 Å². The van der Waals surface area contributed by atoms with Crippen LogP contribution in [0.15, 0.2) is 24.4 Å². The molecule has 14 heavy (non-hydrogen) atoms. The van der Waals surface area contributed by atoms with Crippen LogP contribution in [0.4, 0.5) is 11.6 Å². The highest BCUT2D eigenvalue weighted by atomic mass is 15.2. The smallest absolute Gasteiger partial charge is 0.225 e. The lowest BCUT2D eigenvalue weighted by molar-refractivity contribution is 1.02. The molecule has 0 aliphatic carbocycles. The fraction of sp³-hybridized carbons (Fsp3) is 0.200. The summed E-state index contributed by atoms with van der Waals surface area (Å²) in [7, 11) is 3.83. The van der Waals surface area contributed by atoms with Gasteiger partial charge in [-0.25, -0.2) is 9.97 Å². The van der Waals surface area contributed by atoms with Crippen LogP contribution in [0.3, 0.4) is 0 Å². The third kappa shape index (κ3) is 1.46. The fourth-order valence-electron chi connectivity index (χ4n) is 1.26. The highest BCUT2D eigenvalue weighted by molar-refractivity contribution is 5.81. The number of benzene rings is 1. The van der Waals surface area contributed by atoms with Crippen LogP contribution in [0.2, 0.25) is 0 Å². The van der Waals surface area contributed by atoms with Gasteiger partial charge in [-0.3, -0.25) is 0 Å². The summed E-state index contributed by atoms with van der Waals surface area (Å²) in [6.07, 6.45) is 1.79. The third-order valence-corrected chi connectivity index (χ3v) is 1.99. The Morgan fingerprint density at radius 1 is 1.29 bits per heavy atom. The Morgan fingerprint density at radius 3 is 2.79 bits per heavy atom. The number of hydrogen-bond acceptors (Lipinski definition) is 4. The van der Waals surface area contributed by atoms with Crippen molar-refractivity contribution in [3.8, 4) is 0 Å². The van der Waals surface area contributed by atoms with Crippen LogP contribution in [-0.4, -0.2) is 24.1 Å². The van der Waals surface area contributed by atoms with Crippen LogP contribution >= 0.6 is 0 Å². The largest absolute Gasteiger partial charge is 0.399 e. The van der Waals surface area contributed by atoms with Crippen molar-refractivity contribution in [2.45, 2.75) is 0 Å². The van der Waals surface area contributed by atoms with E-state index in [0.717, 1.165) is 16.6 Å². The number of fused-ring (bicyclic) bond motifs is 1. The van der Waals surface area contributed by atoms with Crippen molar-refractivity contribution >= 4 is 22.5 Å². The Labute approximate surface area is 82.4 Å². The van der Waals surface area contributed by atoms with E-state index in [0.29, 0.717) is 5.95 Å². The van der Waals surface area contributed by atoms with E-state index in [1.54, 1.807) is 6.20 Å². The summed E-state index contributed by atoms with van der Waals surface area (Å²) in [4.78, 5) is 10.5. The van der Waals surface area contributed by atoms with Gasteiger partial charge in [0.15, 0.2) is 0 Å². The van der Waals surface area contributed by atoms with Gasteiger partial charge in [-0.2, -0.15) is 0 Å². The second kappa shape index (κ2) is 3.14. The molecule has 0 atom stereocenters. The van der Waals surface area contributed by atoms with E-state index in [1.165, 1.54) is 0 Å². The highest BCUT2D eigenvalue weighted by Crippen LogP contribution is 2.16. The SMILES string of the molecule is CN(C)c1ncc2cc(N)ccc2n1. The predicted molar refractivity (Wildman–Crippen MR) is 58.3 cm³/mol. The number of anilines is 2. The maximum Gasteiger partial charge on any atom is 0.225 e. The van der Waals surface area contributed by atoms with Crippen LogP contribution in [0.5, 0.6) is 0 Å². The standard InChI is InChI=1S/C10H12N4/c1-14(2)10-12-6-7-5-8(11)3-4-9(7)13-10/h3-6H,11H2,1-2H3. The summed E-state index contributed by atoms with van der Waals surface area (Å²) >= 11 is 0. The highest BCUT2D eigenvalue weighted by Gasteiger charge is 2.01. The topological polar surface area (TPSA) is 55.0 Å². The molecule has 0 aliphatic heterocycles. The molecule has 1 heterocycles. The summed E-state index contributed by atoms with van der Waals surface area (Å²) < 4.78 is 0. The van der Waals surface area contributed by atoms with E-state index in [9.17, 15) is 0 Å². The monoisotopic (exact) mass is 188 g/mol. The molecule has 0 saturated carbocycles. The maximum absolute atomic E-state index is 5.66. The first-order valence-electron chi connectivity index (χ1n) is 4.36. The van der Waals surface area contributed by atoms with Crippen LogP contribution in [0.1, 0.15) is 0 Å². The molecular formula is C10H12N4. The lowest BCUT2D eigenvalue weighted by Crippen LogP contribution is -2.12. The zero-order valence-electron chi connectivity index (χ0n) is 8.23. The molecule has 0 saturated heterocycles. The number of hydrogen-bond donors (Lipinski definition) is 1. The second-order valence-corrected chi connectivity index (χ2v) is 3.38. The minimum absolute atomic E-state index is 0.710. The molecule has 1 aromatic carbocycles. The minimum Gasteiger partial charge on any atom is -0.399 e. The molecule has 0 aliphatic rings. The first-order valence-corrected chi connectivity index (χ1v) is 4.36. The number of nitrogens with zero attached hydrogens (tertiary/aromatic N) is 3. The molecule has 72 valence electrons. The quantitative estimate of drug-likeness (QED) is 0.685. The van der Waals surface area contributed by atoms with E-state index >= 15 is 0 Å². The van der Waals surface area contributed by atoms with E-state index < -0.39 is 0 Å². The normalized spacial score (nSPS) is 10.4. The van der Waals surface area contributed by atoms with Gasteiger partial charge in [0, 0.05) is 31.4 Å². The first kappa shape index (κ1) is 8.74. The van der Waals surface area contributed by atoms with Crippen molar-refractivity contribution in [1.82, 2.24) is 9.97 Å². The second-order valence-electron chi connectivity index (χ2n) is 3.38. The molecule has 0 bridgehead atoms. The Balaban J connectivity index is 2.62. The van der Waals surface area contributed by atoms with Gasteiger partial charge in [0.25, 0.3) is 0 Å². The van der Waals surface area contributed by atoms with Gasteiger partial charge in [-0.05, 0) is 18.2 Å². The van der Waals surface area contributed by atoms with E-state index in [-0.39, 0.29) is 0 Å². The van der Waals surface area contributed by atoms with E-state index in [2.05, 4.69) is 9.97 Å². The van der Waals surface area contributed by atoms with Crippen molar-refractivity contribution in [1.29, 1.82) is 0 Å². The molecule has 0 radical (unpaired) electrons. The number of nitrogens with two attached hydrogens (primary N) is 1. The van der Waals surface area contributed by atoms with Crippen molar-refractivity contribution in [3.05, 3.63) is 24.4 Å². The Morgan fingerprint density at radius 2 is 2.07 bits per heavy atom. The molecule has 4 heteroatoms. The Bertz CT molecular complexity index is 465. The third-order valence-electron chi connectivity index (χ3n) is 1.99. The number of aromatic nitrogens is 2. The van der Waals surface area contributed by atoms with Gasteiger partial charge in [-0.1, -0.05) is 0 Å². The van der Waals surface area contributed by atoms with Crippen LogP contribution in [0, 0.1) is 0 Å². The van der Waals surface area contributed by atoms with Crippen molar-refractivity contribution < 1.29 is 0 Å².